The van der Waals surface area contributed by atoms with Crippen LogP contribution in [0.25, 0.3) is 11.0 Å². The highest BCUT2D eigenvalue weighted by Crippen LogP contribution is 2.16. The zero-order valence-electron chi connectivity index (χ0n) is 10.3. The lowest BCUT2D eigenvalue weighted by atomic mass is 10.3. The average molecular weight is 246 g/mol. The molecule has 0 radical (unpaired) electrons. The van der Waals surface area contributed by atoms with Crippen LogP contribution in [0.3, 0.4) is 0 Å². The minimum atomic E-state index is -0.358. The molecule has 0 bridgehead atoms. The van der Waals surface area contributed by atoms with Gasteiger partial charge in [0.15, 0.2) is 0 Å². The van der Waals surface area contributed by atoms with Crippen LogP contribution < -0.4 is 0 Å². The summed E-state index contributed by atoms with van der Waals surface area (Å²) in [4.78, 5) is 27.0. The molecule has 5 nitrogen and oxygen atoms in total. The number of ether oxygens (including phenoxy) is 1. The Morgan fingerprint density at radius 2 is 2.06 bits per heavy atom. The first-order valence-corrected chi connectivity index (χ1v) is 5.62. The van der Waals surface area contributed by atoms with Crippen LogP contribution in [0.5, 0.6) is 0 Å². The van der Waals surface area contributed by atoms with Crippen LogP contribution in [0.15, 0.2) is 24.3 Å². The molecule has 1 aromatic heterocycles. The van der Waals surface area contributed by atoms with Crippen LogP contribution in [-0.2, 0) is 27.3 Å². The molecule has 18 heavy (non-hydrogen) atoms. The molecule has 0 aliphatic carbocycles. The summed E-state index contributed by atoms with van der Waals surface area (Å²) in [5.41, 5.74) is 1.61. The molecule has 0 amide bonds. The van der Waals surface area contributed by atoms with E-state index in [9.17, 15) is 9.59 Å². The summed E-state index contributed by atoms with van der Waals surface area (Å²) in [6.07, 6.45) is 0.214. The summed E-state index contributed by atoms with van der Waals surface area (Å²) in [6.45, 7) is 1.57. The van der Waals surface area contributed by atoms with E-state index < -0.39 is 0 Å². The van der Waals surface area contributed by atoms with Gasteiger partial charge in [-0.3, -0.25) is 9.59 Å². The highest BCUT2D eigenvalue weighted by molar-refractivity contribution is 5.82. The van der Waals surface area contributed by atoms with Crippen LogP contribution in [0, 0.1) is 0 Å². The van der Waals surface area contributed by atoms with E-state index in [1.807, 2.05) is 24.3 Å². The van der Waals surface area contributed by atoms with Crippen molar-refractivity contribution >= 4 is 22.8 Å². The second-order valence-electron chi connectivity index (χ2n) is 4.06. The summed E-state index contributed by atoms with van der Waals surface area (Å²) in [7, 11) is 1.34. The highest BCUT2D eigenvalue weighted by atomic mass is 16.5. The molecular formula is C13H14N2O3. The van der Waals surface area contributed by atoms with Gasteiger partial charge < -0.3 is 9.30 Å². The standard InChI is InChI=1S/C13H14N2O3/c1-9(16)7-12-14-10-5-3-4-6-11(10)15(12)8-13(17)18-2/h3-6H,7-8H2,1-2H3. The molecule has 1 heterocycles. The molecule has 2 rings (SSSR count). The lowest BCUT2D eigenvalue weighted by Crippen LogP contribution is -2.15. The van der Waals surface area contributed by atoms with E-state index in [1.54, 1.807) is 4.57 Å². The monoisotopic (exact) mass is 246 g/mol. The Balaban J connectivity index is 2.50. The van der Waals surface area contributed by atoms with Crippen LogP contribution in [0.1, 0.15) is 12.7 Å². The number of nitrogens with zero attached hydrogens (tertiary/aromatic N) is 2. The van der Waals surface area contributed by atoms with E-state index in [2.05, 4.69) is 9.72 Å². The Hall–Kier alpha value is -2.17. The van der Waals surface area contributed by atoms with Gasteiger partial charge in [-0.1, -0.05) is 12.1 Å². The number of rotatable bonds is 4. The minimum absolute atomic E-state index is 0.0106. The fraction of sp³-hybridized carbons (Fsp3) is 0.308. The van der Waals surface area contributed by atoms with Crippen LogP contribution in [0.2, 0.25) is 0 Å². The first kappa shape index (κ1) is 12.3. The van der Waals surface area contributed by atoms with Crippen molar-refractivity contribution in [2.45, 2.75) is 19.9 Å². The number of methoxy groups -OCH3 is 1. The van der Waals surface area contributed by atoms with E-state index in [1.165, 1.54) is 14.0 Å². The number of benzene rings is 1. The number of fused-ring (bicyclic) bond motifs is 1. The zero-order chi connectivity index (χ0) is 13.1. The van der Waals surface area contributed by atoms with Gasteiger partial charge in [0, 0.05) is 0 Å². The van der Waals surface area contributed by atoms with Gasteiger partial charge in [0.2, 0.25) is 0 Å². The number of aromatic nitrogens is 2. The molecule has 94 valence electrons. The van der Waals surface area contributed by atoms with Crippen molar-refractivity contribution in [1.29, 1.82) is 0 Å². The molecular weight excluding hydrogens is 232 g/mol. The van der Waals surface area contributed by atoms with Crippen molar-refractivity contribution in [1.82, 2.24) is 9.55 Å². The molecule has 0 spiro atoms. The molecule has 0 saturated heterocycles. The number of carbonyl (C=O) groups excluding carboxylic acids is 2. The Kier molecular flexibility index (Phi) is 3.41. The Labute approximate surface area is 104 Å². The summed E-state index contributed by atoms with van der Waals surface area (Å²) >= 11 is 0. The van der Waals surface area contributed by atoms with E-state index in [-0.39, 0.29) is 24.7 Å². The SMILES string of the molecule is COC(=O)Cn1c(CC(C)=O)nc2ccccc21. The van der Waals surface area contributed by atoms with Crippen molar-refractivity contribution in [2.75, 3.05) is 7.11 Å². The van der Waals surface area contributed by atoms with E-state index in [4.69, 9.17) is 0 Å². The number of Topliss-reactive ketones (excluding diaryl/α,β-unsaturated/α-hetero) is 1. The van der Waals surface area contributed by atoms with Crippen molar-refractivity contribution < 1.29 is 14.3 Å². The fourth-order valence-corrected chi connectivity index (χ4v) is 1.85. The summed E-state index contributed by atoms with van der Waals surface area (Å²) in [6, 6.07) is 7.46. The Bertz CT molecular complexity index is 601. The van der Waals surface area contributed by atoms with Crippen molar-refractivity contribution in [3.63, 3.8) is 0 Å². The van der Waals surface area contributed by atoms with Gasteiger partial charge in [0.25, 0.3) is 0 Å². The van der Waals surface area contributed by atoms with Crippen molar-refractivity contribution in [3.05, 3.63) is 30.1 Å². The molecule has 2 aromatic rings. The molecule has 0 aliphatic rings. The number of esters is 1. The Morgan fingerprint density at radius 3 is 2.72 bits per heavy atom. The smallest absolute Gasteiger partial charge is 0.325 e. The second kappa shape index (κ2) is 5.00. The quantitative estimate of drug-likeness (QED) is 0.764. The molecule has 0 aliphatic heterocycles. The third kappa shape index (κ3) is 2.40. The highest BCUT2D eigenvalue weighted by Gasteiger charge is 2.14. The Morgan fingerprint density at radius 1 is 1.33 bits per heavy atom. The fourth-order valence-electron chi connectivity index (χ4n) is 1.85. The zero-order valence-corrected chi connectivity index (χ0v) is 10.3. The van der Waals surface area contributed by atoms with Gasteiger partial charge >= 0.3 is 5.97 Å². The van der Waals surface area contributed by atoms with Gasteiger partial charge in [-0.15, -0.1) is 0 Å². The average Bonchev–Trinajstić information content (AvgIpc) is 2.66. The molecule has 0 N–H and O–H groups in total. The molecule has 0 fully saturated rings. The third-order valence-corrected chi connectivity index (χ3v) is 2.66. The predicted molar refractivity (Wildman–Crippen MR) is 66.1 cm³/mol. The van der Waals surface area contributed by atoms with Gasteiger partial charge in [0.1, 0.15) is 18.2 Å². The van der Waals surface area contributed by atoms with Crippen LogP contribution >= 0.6 is 0 Å². The maximum atomic E-state index is 11.4. The maximum absolute atomic E-state index is 11.4. The summed E-state index contributed by atoms with van der Waals surface area (Å²) in [5.74, 6) is 0.244. The third-order valence-electron chi connectivity index (χ3n) is 2.66. The second-order valence-corrected chi connectivity index (χ2v) is 4.06. The normalized spacial score (nSPS) is 10.6. The summed E-state index contributed by atoms with van der Waals surface area (Å²) < 4.78 is 6.38. The van der Waals surface area contributed by atoms with E-state index >= 15 is 0 Å². The number of para-hydroxylation sites is 2. The minimum Gasteiger partial charge on any atom is -0.468 e. The number of hydrogen-bond donors (Lipinski definition) is 0. The predicted octanol–water partition coefficient (Wildman–Crippen LogP) is 1.34. The first-order valence-electron chi connectivity index (χ1n) is 5.62. The number of ketones is 1. The van der Waals surface area contributed by atoms with Gasteiger partial charge in [0.05, 0.1) is 24.6 Å². The summed E-state index contributed by atoms with van der Waals surface area (Å²) in [5, 5.41) is 0. The van der Waals surface area contributed by atoms with Gasteiger partial charge in [-0.05, 0) is 19.1 Å². The number of carbonyl (C=O) groups is 2. The van der Waals surface area contributed by atoms with Crippen molar-refractivity contribution in [2.24, 2.45) is 0 Å². The van der Waals surface area contributed by atoms with Gasteiger partial charge in [-0.2, -0.15) is 0 Å². The molecule has 5 heteroatoms. The first-order chi connectivity index (χ1) is 8.61. The van der Waals surface area contributed by atoms with Crippen LogP contribution in [-0.4, -0.2) is 28.4 Å². The van der Waals surface area contributed by atoms with E-state index in [0.717, 1.165) is 11.0 Å². The molecule has 1 aromatic carbocycles. The van der Waals surface area contributed by atoms with Gasteiger partial charge in [-0.25, -0.2) is 4.98 Å². The van der Waals surface area contributed by atoms with Crippen LogP contribution in [0.4, 0.5) is 0 Å². The van der Waals surface area contributed by atoms with E-state index in [0.29, 0.717) is 5.82 Å². The topological polar surface area (TPSA) is 61.2 Å². The lowest BCUT2D eigenvalue weighted by molar-refractivity contribution is -0.141. The lowest BCUT2D eigenvalue weighted by Gasteiger charge is -2.06. The van der Waals surface area contributed by atoms with Crippen molar-refractivity contribution in [3.8, 4) is 0 Å². The number of hydrogen-bond acceptors (Lipinski definition) is 4. The molecule has 0 saturated carbocycles. The largest absolute Gasteiger partial charge is 0.468 e. The number of imidazole rings is 1. The molecule has 0 unspecified atom stereocenters. The maximum Gasteiger partial charge on any atom is 0.325 e. The molecule has 0 atom stereocenters.